The highest BCUT2D eigenvalue weighted by molar-refractivity contribution is 5.78. The molecule has 0 unspecified atom stereocenters. The number of carbonyl (C=O) groups is 2. The Labute approximate surface area is 96.6 Å². The normalized spacial score (nSPS) is 10.4. The molecule has 0 rings (SSSR count). The van der Waals surface area contributed by atoms with Gasteiger partial charge in [-0.3, -0.25) is 9.59 Å². The van der Waals surface area contributed by atoms with Crippen molar-refractivity contribution >= 4 is 11.9 Å². The van der Waals surface area contributed by atoms with Crippen LogP contribution in [-0.2, 0) is 9.59 Å². The van der Waals surface area contributed by atoms with Gasteiger partial charge in [0.2, 0.25) is 5.91 Å². The average Bonchev–Trinajstić information content (AvgIpc) is 2.25. The molecule has 5 nitrogen and oxygen atoms in total. The molecule has 0 aliphatic rings. The Balaban J connectivity index is 3.46. The first-order valence-corrected chi connectivity index (χ1v) is 5.82. The van der Waals surface area contributed by atoms with Crippen LogP contribution in [0.2, 0.25) is 0 Å². The van der Waals surface area contributed by atoms with Crippen LogP contribution in [0.3, 0.4) is 0 Å². The second-order valence-corrected chi connectivity index (χ2v) is 3.76. The zero-order valence-electron chi connectivity index (χ0n) is 10.1. The van der Waals surface area contributed by atoms with Crippen LogP contribution in [0.15, 0.2) is 0 Å². The molecule has 0 heterocycles. The van der Waals surface area contributed by atoms with E-state index in [-0.39, 0.29) is 24.9 Å². The Hall–Kier alpha value is -1.10. The molecule has 16 heavy (non-hydrogen) atoms. The zero-order chi connectivity index (χ0) is 12.4. The molecule has 94 valence electrons. The van der Waals surface area contributed by atoms with E-state index < -0.39 is 5.97 Å². The summed E-state index contributed by atoms with van der Waals surface area (Å²) in [6.45, 7) is 4.89. The fourth-order valence-corrected chi connectivity index (χ4v) is 1.34. The van der Waals surface area contributed by atoms with Gasteiger partial charge in [-0.05, 0) is 25.8 Å². The second kappa shape index (κ2) is 9.15. The lowest BCUT2D eigenvalue weighted by atomic mass is 10.2. The van der Waals surface area contributed by atoms with E-state index >= 15 is 0 Å². The highest BCUT2D eigenvalue weighted by Gasteiger charge is 2.07. The summed E-state index contributed by atoms with van der Waals surface area (Å²) in [6, 6.07) is 0.244. The molecule has 0 spiro atoms. The van der Waals surface area contributed by atoms with Gasteiger partial charge < -0.3 is 15.7 Å². The molecule has 0 aromatic heterocycles. The van der Waals surface area contributed by atoms with Gasteiger partial charge in [-0.15, -0.1) is 0 Å². The van der Waals surface area contributed by atoms with Crippen molar-refractivity contribution < 1.29 is 14.7 Å². The second-order valence-electron chi connectivity index (χ2n) is 3.76. The number of amides is 1. The molecule has 0 radical (unpaired) electrons. The standard InChI is InChI=1S/C11H22N2O3/c1-3-9(4-2)13-10(14)8-12-7-5-6-11(15)16/h9,12H,3-8H2,1-2H3,(H,13,14)(H,15,16). The third-order valence-electron chi connectivity index (χ3n) is 2.38. The van der Waals surface area contributed by atoms with E-state index in [0.29, 0.717) is 13.0 Å². The predicted molar refractivity (Wildman–Crippen MR) is 62.3 cm³/mol. The van der Waals surface area contributed by atoms with Crippen LogP contribution in [0, 0.1) is 0 Å². The van der Waals surface area contributed by atoms with Crippen molar-refractivity contribution in [2.45, 2.75) is 45.6 Å². The summed E-state index contributed by atoms with van der Waals surface area (Å²) in [4.78, 5) is 21.6. The Morgan fingerprint density at radius 3 is 2.38 bits per heavy atom. The molecule has 0 saturated carbocycles. The van der Waals surface area contributed by atoms with E-state index in [2.05, 4.69) is 10.6 Å². The minimum absolute atomic E-state index is 0.0241. The first kappa shape index (κ1) is 14.9. The van der Waals surface area contributed by atoms with Crippen molar-refractivity contribution in [1.82, 2.24) is 10.6 Å². The highest BCUT2D eigenvalue weighted by Crippen LogP contribution is 1.95. The maximum Gasteiger partial charge on any atom is 0.303 e. The number of carbonyl (C=O) groups excluding carboxylic acids is 1. The number of nitrogens with one attached hydrogen (secondary N) is 2. The Kier molecular flexibility index (Phi) is 8.52. The summed E-state index contributed by atoms with van der Waals surface area (Å²) in [5, 5.41) is 14.2. The SMILES string of the molecule is CCC(CC)NC(=O)CNCCCC(=O)O. The maximum atomic E-state index is 11.4. The van der Waals surface area contributed by atoms with E-state index in [9.17, 15) is 9.59 Å². The fraction of sp³-hybridized carbons (Fsp3) is 0.818. The summed E-state index contributed by atoms with van der Waals surface area (Å²) < 4.78 is 0. The molecule has 0 aromatic rings. The van der Waals surface area contributed by atoms with Crippen LogP contribution in [0.5, 0.6) is 0 Å². The molecule has 0 atom stereocenters. The molecule has 0 saturated heterocycles. The van der Waals surface area contributed by atoms with E-state index in [1.165, 1.54) is 0 Å². The lowest BCUT2D eigenvalue weighted by Gasteiger charge is -2.14. The molecular weight excluding hydrogens is 208 g/mol. The van der Waals surface area contributed by atoms with Gasteiger partial charge in [0.1, 0.15) is 0 Å². The Morgan fingerprint density at radius 1 is 1.25 bits per heavy atom. The van der Waals surface area contributed by atoms with Gasteiger partial charge in [0, 0.05) is 12.5 Å². The first-order chi connectivity index (χ1) is 7.60. The highest BCUT2D eigenvalue weighted by atomic mass is 16.4. The summed E-state index contributed by atoms with van der Waals surface area (Å²) in [5.41, 5.74) is 0. The number of hydrogen-bond donors (Lipinski definition) is 3. The predicted octanol–water partition coefficient (Wildman–Crippen LogP) is 0.746. The largest absolute Gasteiger partial charge is 0.481 e. The van der Waals surface area contributed by atoms with Gasteiger partial charge >= 0.3 is 5.97 Å². The minimum Gasteiger partial charge on any atom is -0.481 e. The number of carboxylic acids is 1. The van der Waals surface area contributed by atoms with Crippen molar-refractivity contribution in [2.75, 3.05) is 13.1 Å². The smallest absolute Gasteiger partial charge is 0.303 e. The van der Waals surface area contributed by atoms with Gasteiger partial charge in [-0.2, -0.15) is 0 Å². The molecular formula is C11H22N2O3. The van der Waals surface area contributed by atoms with Gasteiger partial charge in [0.15, 0.2) is 0 Å². The van der Waals surface area contributed by atoms with Crippen molar-refractivity contribution in [1.29, 1.82) is 0 Å². The summed E-state index contributed by atoms with van der Waals surface area (Å²) in [6.07, 6.45) is 2.55. The van der Waals surface area contributed by atoms with Crippen LogP contribution >= 0.6 is 0 Å². The van der Waals surface area contributed by atoms with E-state index in [4.69, 9.17) is 5.11 Å². The van der Waals surface area contributed by atoms with Crippen LogP contribution in [0.4, 0.5) is 0 Å². The first-order valence-electron chi connectivity index (χ1n) is 5.82. The number of carboxylic acid groups (broad SMARTS) is 1. The van der Waals surface area contributed by atoms with Gasteiger partial charge in [0.25, 0.3) is 0 Å². The molecule has 0 aliphatic carbocycles. The summed E-state index contributed by atoms with van der Waals surface area (Å²) in [5.74, 6) is -0.827. The van der Waals surface area contributed by atoms with E-state index in [0.717, 1.165) is 12.8 Å². The topological polar surface area (TPSA) is 78.4 Å². The Bertz CT molecular complexity index is 215. The molecule has 5 heteroatoms. The zero-order valence-corrected chi connectivity index (χ0v) is 10.1. The van der Waals surface area contributed by atoms with Crippen LogP contribution < -0.4 is 10.6 Å². The van der Waals surface area contributed by atoms with Crippen molar-refractivity contribution in [3.63, 3.8) is 0 Å². The molecule has 0 aromatic carbocycles. The average molecular weight is 230 g/mol. The third-order valence-corrected chi connectivity index (χ3v) is 2.38. The van der Waals surface area contributed by atoms with Crippen LogP contribution in [0.25, 0.3) is 0 Å². The monoisotopic (exact) mass is 230 g/mol. The van der Waals surface area contributed by atoms with Crippen LogP contribution in [-0.4, -0.2) is 36.1 Å². The lowest BCUT2D eigenvalue weighted by molar-refractivity contribution is -0.137. The fourth-order valence-electron chi connectivity index (χ4n) is 1.34. The molecule has 0 bridgehead atoms. The Morgan fingerprint density at radius 2 is 1.88 bits per heavy atom. The van der Waals surface area contributed by atoms with Gasteiger partial charge in [0.05, 0.1) is 6.54 Å². The molecule has 0 fully saturated rings. The van der Waals surface area contributed by atoms with E-state index in [1.54, 1.807) is 0 Å². The lowest BCUT2D eigenvalue weighted by Crippen LogP contribution is -2.40. The third kappa shape index (κ3) is 8.23. The van der Waals surface area contributed by atoms with Gasteiger partial charge in [-0.1, -0.05) is 13.8 Å². The van der Waals surface area contributed by atoms with Crippen LogP contribution in [0.1, 0.15) is 39.5 Å². The van der Waals surface area contributed by atoms with Crippen molar-refractivity contribution in [3.05, 3.63) is 0 Å². The number of aliphatic carboxylic acids is 1. The molecule has 1 amide bonds. The quantitative estimate of drug-likeness (QED) is 0.511. The number of rotatable bonds is 9. The van der Waals surface area contributed by atoms with Gasteiger partial charge in [-0.25, -0.2) is 0 Å². The van der Waals surface area contributed by atoms with E-state index in [1.807, 2.05) is 13.8 Å². The molecule has 3 N–H and O–H groups in total. The summed E-state index contributed by atoms with van der Waals surface area (Å²) in [7, 11) is 0. The van der Waals surface area contributed by atoms with Crippen molar-refractivity contribution in [3.8, 4) is 0 Å². The minimum atomic E-state index is -0.803. The maximum absolute atomic E-state index is 11.4. The summed E-state index contributed by atoms with van der Waals surface area (Å²) >= 11 is 0. The molecule has 0 aliphatic heterocycles. The van der Waals surface area contributed by atoms with Crippen molar-refractivity contribution in [2.24, 2.45) is 0 Å². The number of hydrogen-bond acceptors (Lipinski definition) is 3.